The average molecular weight is 426 g/mol. The number of aliphatic imine (C=N–C) groups is 1. The first-order chi connectivity index (χ1) is 13.9. The number of nitrogens with zero attached hydrogens (tertiary/aromatic N) is 2. The van der Waals surface area contributed by atoms with Gasteiger partial charge in [0.15, 0.2) is 0 Å². The fourth-order valence-corrected chi connectivity index (χ4v) is 4.01. The van der Waals surface area contributed by atoms with E-state index in [1.165, 1.54) is 0 Å². The molecule has 1 aliphatic rings. The van der Waals surface area contributed by atoms with Crippen LogP contribution < -0.4 is 10.2 Å². The summed E-state index contributed by atoms with van der Waals surface area (Å²) in [7, 11) is 0. The number of nitrogens with one attached hydrogen (secondary N) is 1. The van der Waals surface area contributed by atoms with Crippen molar-refractivity contribution < 1.29 is 9.90 Å². The summed E-state index contributed by atoms with van der Waals surface area (Å²) in [5, 5.41) is 13.7. The lowest BCUT2D eigenvalue weighted by atomic mass is 10.1. The molecule has 2 N–H and O–H groups in total. The Morgan fingerprint density at radius 3 is 2.93 bits per heavy atom. The third kappa shape index (κ3) is 3.87. The van der Waals surface area contributed by atoms with E-state index in [-0.39, 0.29) is 12.4 Å². The molecule has 0 saturated carbocycles. The van der Waals surface area contributed by atoms with Crippen LogP contribution in [0, 0.1) is 6.92 Å². The predicted octanol–water partition coefficient (Wildman–Crippen LogP) is 4.47. The Balaban J connectivity index is 1.58. The Labute approximate surface area is 175 Å². The van der Waals surface area contributed by atoms with E-state index in [0.29, 0.717) is 15.6 Å². The molecule has 8 heteroatoms. The number of thiazole rings is 1. The summed E-state index contributed by atoms with van der Waals surface area (Å²) in [4.78, 5) is 29.0. The molecule has 2 aromatic carbocycles. The van der Waals surface area contributed by atoms with Crippen molar-refractivity contribution >= 4 is 58.1 Å². The molecule has 0 radical (unpaired) electrons. The van der Waals surface area contributed by atoms with Gasteiger partial charge in [-0.05, 0) is 36.8 Å². The monoisotopic (exact) mass is 425 g/mol. The second-order valence-electron chi connectivity index (χ2n) is 6.52. The van der Waals surface area contributed by atoms with Crippen molar-refractivity contribution in [2.45, 2.75) is 13.5 Å². The summed E-state index contributed by atoms with van der Waals surface area (Å²) in [5.41, 5.74) is 3.96. The highest BCUT2D eigenvalue weighted by Crippen LogP contribution is 2.34. The number of aromatic nitrogens is 1. The van der Waals surface area contributed by atoms with Crippen molar-refractivity contribution in [3.8, 4) is 5.88 Å². The quantitative estimate of drug-likeness (QED) is 0.646. The van der Waals surface area contributed by atoms with E-state index >= 15 is 0 Å². The number of halogens is 1. The maximum atomic E-state index is 12.4. The Bertz CT molecular complexity index is 1240. The Morgan fingerprint density at radius 2 is 2.10 bits per heavy atom. The molecule has 3 aromatic rings. The zero-order chi connectivity index (χ0) is 20.5. The van der Waals surface area contributed by atoms with E-state index in [4.69, 9.17) is 11.6 Å². The van der Waals surface area contributed by atoms with Gasteiger partial charge < -0.3 is 10.4 Å². The number of carbonyl (C=O) groups is 1. The van der Waals surface area contributed by atoms with Gasteiger partial charge >= 0.3 is 4.87 Å². The minimum absolute atomic E-state index is 0.247. The average Bonchev–Trinajstić information content (AvgIpc) is 3.21. The van der Waals surface area contributed by atoms with Crippen LogP contribution in [0.15, 0.2) is 52.3 Å². The molecule has 0 saturated heterocycles. The van der Waals surface area contributed by atoms with Gasteiger partial charge in [0, 0.05) is 28.1 Å². The lowest BCUT2D eigenvalue weighted by Gasteiger charge is -2.09. The first-order valence-corrected chi connectivity index (χ1v) is 9.95. The van der Waals surface area contributed by atoms with Crippen molar-refractivity contribution in [1.29, 1.82) is 0 Å². The van der Waals surface area contributed by atoms with Gasteiger partial charge in [-0.1, -0.05) is 47.2 Å². The molecule has 2 heterocycles. The minimum Gasteiger partial charge on any atom is -0.493 e. The first-order valence-electron chi connectivity index (χ1n) is 8.76. The highest BCUT2D eigenvalue weighted by molar-refractivity contribution is 7.10. The number of aryl methyl sites for hydroxylation is 1. The topological polar surface area (TPSA) is 83.7 Å². The number of rotatable bonds is 4. The van der Waals surface area contributed by atoms with E-state index in [2.05, 4.69) is 10.3 Å². The molecule has 0 atom stereocenters. The smallest absolute Gasteiger partial charge is 0.311 e. The highest BCUT2D eigenvalue weighted by Gasteiger charge is 2.18. The molecule has 0 spiro atoms. The SMILES string of the molecule is Cc1ccc(Cl)cc1NC(=O)Cn1c(O)c(C=C2C=Nc3ccccc32)sc1=O. The third-order valence-corrected chi connectivity index (χ3v) is 5.66. The Hall–Kier alpha value is -3.16. The number of hydrogen-bond acceptors (Lipinski definition) is 5. The van der Waals surface area contributed by atoms with Gasteiger partial charge in [-0.3, -0.25) is 19.1 Å². The third-order valence-electron chi connectivity index (χ3n) is 4.51. The molecule has 29 heavy (non-hydrogen) atoms. The van der Waals surface area contributed by atoms with Gasteiger partial charge in [0.25, 0.3) is 0 Å². The summed E-state index contributed by atoms with van der Waals surface area (Å²) < 4.78 is 1.05. The van der Waals surface area contributed by atoms with Gasteiger partial charge in [-0.2, -0.15) is 0 Å². The number of para-hydroxylation sites is 1. The van der Waals surface area contributed by atoms with Crippen molar-refractivity contribution in [2.75, 3.05) is 5.32 Å². The van der Waals surface area contributed by atoms with Crippen LogP contribution in [-0.4, -0.2) is 21.8 Å². The number of amides is 1. The molecule has 1 amide bonds. The zero-order valence-electron chi connectivity index (χ0n) is 15.3. The first kappa shape index (κ1) is 19.2. The molecule has 146 valence electrons. The second-order valence-corrected chi connectivity index (χ2v) is 7.95. The van der Waals surface area contributed by atoms with Crippen LogP contribution in [0.3, 0.4) is 0 Å². The van der Waals surface area contributed by atoms with Crippen LogP contribution in [0.1, 0.15) is 16.0 Å². The molecule has 0 bridgehead atoms. The van der Waals surface area contributed by atoms with Crippen molar-refractivity contribution in [3.63, 3.8) is 0 Å². The number of hydrogen-bond donors (Lipinski definition) is 2. The van der Waals surface area contributed by atoms with Gasteiger partial charge in [-0.25, -0.2) is 0 Å². The van der Waals surface area contributed by atoms with Gasteiger partial charge in [0.05, 0.1) is 10.6 Å². The van der Waals surface area contributed by atoms with Crippen molar-refractivity contribution in [3.05, 3.63) is 73.2 Å². The fourth-order valence-electron chi connectivity index (χ4n) is 3.01. The predicted molar refractivity (Wildman–Crippen MR) is 118 cm³/mol. The molecule has 1 aliphatic heterocycles. The Morgan fingerprint density at radius 1 is 1.31 bits per heavy atom. The number of benzene rings is 2. The van der Waals surface area contributed by atoms with E-state index in [1.807, 2.05) is 31.2 Å². The molecule has 6 nitrogen and oxygen atoms in total. The summed E-state index contributed by atoms with van der Waals surface area (Å²) >= 11 is 6.84. The molecule has 0 unspecified atom stereocenters. The van der Waals surface area contributed by atoms with Gasteiger partial charge in [-0.15, -0.1) is 0 Å². The van der Waals surface area contributed by atoms with E-state index in [1.54, 1.807) is 30.5 Å². The number of anilines is 1. The van der Waals surface area contributed by atoms with E-state index in [0.717, 1.165) is 38.3 Å². The van der Waals surface area contributed by atoms with Crippen LogP contribution in [0.2, 0.25) is 5.02 Å². The lowest BCUT2D eigenvalue weighted by molar-refractivity contribution is -0.116. The fraction of sp³-hybridized carbons (Fsp3) is 0.0952. The normalized spacial score (nSPS) is 13.7. The van der Waals surface area contributed by atoms with Gasteiger partial charge in [0.1, 0.15) is 6.54 Å². The molecule has 0 aliphatic carbocycles. The number of fused-ring (bicyclic) bond motifs is 1. The second kappa shape index (κ2) is 7.69. The number of allylic oxidation sites excluding steroid dienone is 1. The maximum Gasteiger partial charge on any atom is 0.311 e. The van der Waals surface area contributed by atoms with E-state index < -0.39 is 10.8 Å². The highest BCUT2D eigenvalue weighted by atomic mass is 35.5. The summed E-state index contributed by atoms with van der Waals surface area (Å²) in [6, 6.07) is 12.8. The van der Waals surface area contributed by atoms with E-state index in [9.17, 15) is 14.7 Å². The maximum absolute atomic E-state index is 12.4. The largest absolute Gasteiger partial charge is 0.493 e. The number of carbonyl (C=O) groups excluding carboxylic acids is 1. The molecular formula is C21H16ClN3O3S. The Kier molecular flexibility index (Phi) is 5.08. The summed E-state index contributed by atoms with van der Waals surface area (Å²) in [6.45, 7) is 1.53. The molecular weight excluding hydrogens is 410 g/mol. The molecule has 0 fully saturated rings. The van der Waals surface area contributed by atoms with Crippen LogP contribution in [-0.2, 0) is 11.3 Å². The standard InChI is InChI=1S/C21H16ClN3O3S/c1-12-6-7-14(22)9-17(12)24-19(26)11-25-20(27)18(29-21(25)28)8-13-10-23-16-5-3-2-4-15(13)16/h2-10,27H,11H2,1H3,(H,24,26). The summed E-state index contributed by atoms with van der Waals surface area (Å²) in [6.07, 6.45) is 3.39. The van der Waals surface area contributed by atoms with Crippen molar-refractivity contribution in [1.82, 2.24) is 4.57 Å². The van der Waals surface area contributed by atoms with Gasteiger partial charge in [0.2, 0.25) is 11.8 Å². The summed E-state index contributed by atoms with van der Waals surface area (Å²) in [5.74, 6) is -0.680. The van der Waals surface area contributed by atoms with Crippen LogP contribution in [0.5, 0.6) is 5.88 Å². The van der Waals surface area contributed by atoms with Crippen LogP contribution in [0.4, 0.5) is 11.4 Å². The zero-order valence-corrected chi connectivity index (χ0v) is 16.9. The van der Waals surface area contributed by atoms with Crippen molar-refractivity contribution in [2.24, 2.45) is 4.99 Å². The molecule has 1 aromatic heterocycles. The minimum atomic E-state index is -0.433. The van der Waals surface area contributed by atoms with Crippen LogP contribution in [0.25, 0.3) is 11.6 Å². The number of aromatic hydroxyl groups is 1. The van der Waals surface area contributed by atoms with Crippen LogP contribution >= 0.6 is 22.9 Å². The molecule has 4 rings (SSSR count). The lowest BCUT2D eigenvalue weighted by Crippen LogP contribution is -2.24.